The van der Waals surface area contributed by atoms with Crippen LogP contribution in [0.4, 0.5) is 11.5 Å². The molecule has 8 nitrogen and oxygen atoms in total. The quantitative estimate of drug-likeness (QED) is 0.606. The predicted octanol–water partition coefficient (Wildman–Crippen LogP) is 2.48. The Morgan fingerprint density at radius 2 is 1.96 bits per heavy atom. The van der Waals surface area contributed by atoms with Crippen molar-refractivity contribution in [2.24, 2.45) is 0 Å². The van der Waals surface area contributed by atoms with Gasteiger partial charge in [-0.3, -0.25) is 14.9 Å². The summed E-state index contributed by atoms with van der Waals surface area (Å²) in [5.74, 6) is 0.278. The van der Waals surface area contributed by atoms with Gasteiger partial charge in [0, 0.05) is 43.5 Å². The molecule has 0 radical (unpaired) electrons. The molecule has 1 aliphatic heterocycles. The molecule has 1 aromatic heterocycles. The number of nitrogens with zero attached hydrogens (tertiary/aromatic N) is 5. The largest absolute Gasteiger partial charge is 0.353 e. The third-order valence-electron chi connectivity index (χ3n) is 4.15. The number of aromatic nitrogens is 1. The van der Waals surface area contributed by atoms with Crippen LogP contribution in [0.2, 0.25) is 5.02 Å². The number of amides is 1. The van der Waals surface area contributed by atoms with E-state index in [1.165, 1.54) is 18.2 Å². The summed E-state index contributed by atoms with van der Waals surface area (Å²) in [5, 5.41) is 20.4. The molecule has 0 aliphatic carbocycles. The van der Waals surface area contributed by atoms with Crippen molar-refractivity contribution in [1.82, 2.24) is 9.88 Å². The number of anilines is 1. The van der Waals surface area contributed by atoms with Crippen LogP contribution in [0.25, 0.3) is 0 Å². The van der Waals surface area contributed by atoms with Crippen molar-refractivity contribution in [3.8, 4) is 6.07 Å². The van der Waals surface area contributed by atoms with Gasteiger partial charge in [-0.05, 0) is 24.3 Å². The van der Waals surface area contributed by atoms with Crippen molar-refractivity contribution in [3.05, 3.63) is 62.8 Å². The van der Waals surface area contributed by atoms with Crippen LogP contribution in [0, 0.1) is 21.4 Å². The van der Waals surface area contributed by atoms with Gasteiger partial charge in [0.05, 0.1) is 16.6 Å². The normalized spacial score (nSPS) is 14.0. The fraction of sp³-hybridized carbons (Fsp3) is 0.235. The highest BCUT2D eigenvalue weighted by atomic mass is 35.5. The maximum absolute atomic E-state index is 12.7. The highest BCUT2D eigenvalue weighted by Crippen LogP contribution is 2.25. The molecule has 9 heteroatoms. The van der Waals surface area contributed by atoms with Gasteiger partial charge in [-0.1, -0.05) is 11.6 Å². The monoisotopic (exact) mass is 371 g/mol. The van der Waals surface area contributed by atoms with E-state index in [-0.39, 0.29) is 16.3 Å². The number of benzene rings is 1. The maximum Gasteiger partial charge on any atom is 0.283 e. The van der Waals surface area contributed by atoms with Gasteiger partial charge in [-0.25, -0.2) is 4.98 Å². The molecule has 2 heterocycles. The number of carbonyl (C=O) groups is 1. The summed E-state index contributed by atoms with van der Waals surface area (Å²) in [4.78, 5) is 31.1. The van der Waals surface area contributed by atoms with Crippen molar-refractivity contribution in [2.45, 2.75) is 0 Å². The van der Waals surface area contributed by atoms with Gasteiger partial charge in [0.15, 0.2) is 0 Å². The van der Waals surface area contributed by atoms with Crippen LogP contribution in [0.15, 0.2) is 36.5 Å². The number of pyridine rings is 1. The van der Waals surface area contributed by atoms with Crippen molar-refractivity contribution < 1.29 is 9.72 Å². The molecular formula is C17H14ClN5O3. The number of nitriles is 1. The molecule has 1 aromatic carbocycles. The van der Waals surface area contributed by atoms with Crippen LogP contribution >= 0.6 is 11.6 Å². The Morgan fingerprint density at radius 1 is 1.23 bits per heavy atom. The van der Waals surface area contributed by atoms with Crippen molar-refractivity contribution in [3.63, 3.8) is 0 Å². The van der Waals surface area contributed by atoms with Crippen LogP contribution in [-0.4, -0.2) is 46.9 Å². The zero-order valence-electron chi connectivity index (χ0n) is 13.6. The second kappa shape index (κ2) is 7.37. The number of nitro groups is 1. The molecule has 0 unspecified atom stereocenters. The highest BCUT2D eigenvalue weighted by molar-refractivity contribution is 6.31. The molecule has 132 valence electrons. The molecule has 0 bridgehead atoms. The number of rotatable bonds is 3. The van der Waals surface area contributed by atoms with Gasteiger partial charge in [-0.2, -0.15) is 5.26 Å². The van der Waals surface area contributed by atoms with E-state index >= 15 is 0 Å². The average Bonchev–Trinajstić information content (AvgIpc) is 2.67. The number of carbonyl (C=O) groups excluding carboxylic acids is 1. The summed E-state index contributed by atoms with van der Waals surface area (Å²) in [5.41, 5.74) is 0.246. The molecule has 0 atom stereocenters. The van der Waals surface area contributed by atoms with Gasteiger partial charge in [0.25, 0.3) is 11.6 Å². The van der Waals surface area contributed by atoms with E-state index in [0.29, 0.717) is 37.6 Å². The zero-order chi connectivity index (χ0) is 18.7. The van der Waals surface area contributed by atoms with E-state index in [0.717, 1.165) is 0 Å². The predicted molar refractivity (Wildman–Crippen MR) is 95.2 cm³/mol. The van der Waals surface area contributed by atoms with Gasteiger partial charge in [0.1, 0.15) is 11.4 Å². The SMILES string of the molecule is N#Cc1ccnc(N2CCN(C(=O)c3ccc(Cl)cc3[N+](=O)[O-])CC2)c1. The summed E-state index contributed by atoms with van der Waals surface area (Å²) in [6.07, 6.45) is 1.57. The van der Waals surface area contributed by atoms with E-state index in [2.05, 4.69) is 11.1 Å². The Bertz CT molecular complexity index is 904. The Labute approximate surface area is 154 Å². The Hall–Kier alpha value is -3.18. The summed E-state index contributed by atoms with van der Waals surface area (Å²) in [6, 6.07) is 9.43. The minimum atomic E-state index is -0.604. The lowest BCUT2D eigenvalue weighted by molar-refractivity contribution is -0.385. The summed E-state index contributed by atoms with van der Waals surface area (Å²) in [7, 11) is 0. The van der Waals surface area contributed by atoms with E-state index in [9.17, 15) is 14.9 Å². The molecule has 1 aliphatic rings. The van der Waals surface area contributed by atoms with E-state index in [1.807, 2.05) is 4.90 Å². The minimum Gasteiger partial charge on any atom is -0.353 e. The lowest BCUT2D eigenvalue weighted by Gasteiger charge is -2.35. The first kappa shape index (κ1) is 17.6. The number of halogens is 1. The summed E-state index contributed by atoms with van der Waals surface area (Å²) in [6.45, 7) is 1.85. The van der Waals surface area contributed by atoms with Gasteiger partial charge in [-0.15, -0.1) is 0 Å². The molecule has 1 saturated heterocycles. The van der Waals surface area contributed by atoms with E-state index in [4.69, 9.17) is 16.9 Å². The number of hydrogen-bond donors (Lipinski definition) is 0. The van der Waals surface area contributed by atoms with Crippen LogP contribution < -0.4 is 4.90 Å². The molecule has 3 rings (SSSR count). The maximum atomic E-state index is 12.7. The molecule has 0 saturated carbocycles. The highest BCUT2D eigenvalue weighted by Gasteiger charge is 2.28. The molecular weight excluding hydrogens is 358 g/mol. The fourth-order valence-electron chi connectivity index (χ4n) is 2.81. The van der Waals surface area contributed by atoms with Crippen LogP contribution in [0.1, 0.15) is 15.9 Å². The molecule has 2 aromatic rings. The van der Waals surface area contributed by atoms with E-state index in [1.54, 1.807) is 23.2 Å². The minimum absolute atomic E-state index is 0.0254. The molecule has 0 spiro atoms. The van der Waals surface area contributed by atoms with E-state index < -0.39 is 10.8 Å². The molecule has 26 heavy (non-hydrogen) atoms. The second-order valence-corrected chi connectivity index (χ2v) is 6.15. The topological polar surface area (TPSA) is 103 Å². The number of piperazine rings is 1. The lowest BCUT2D eigenvalue weighted by Crippen LogP contribution is -2.49. The molecule has 0 N–H and O–H groups in total. The Kier molecular flexibility index (Phi) is 5.00. The third kappa shape index (κ3) is 3.58. The summed E-state index contributed by atoms with van der Waals surface area (Å²) < 4.78 is 0. The van der Waals surface area contributed by atoms with Crippen LogP contribution in [0.3, 0.4) is 0 Å². The van der Waals surface area contributed by atoms with Crippen molar-refractivity contribution in [1.29, 1.82) is 5.26 Å². The van der Waals surface area contributed by atoms with Gasteiger partial charge in [0.2, 0.25) is 0 Å². The van der Waals surface area contributed by atoms with Crippen LogP contribution in [0.5, 0.6) is 0 Å². The second-order valence-electron chi connectivity index (χ2n) is 5.71. The van der Waals surface area contributed by atoms with Crippen LogP contribution in [-0.2, 0) is 0 Å². The zero-order valence-corrected chi connectivity index (χ0v) is 14.4. The third-order valence-corrected chi connectivity index (χ3v) is 4.39. The summed E-state index contributed by atoms with van der Waals surface area (Å²) >= 11 is 5.80. The fourth-order valence-corrected chi connectivity index (χ4v) is 2.97. The molecule has 1 amide bonds. The average molecular weight is 372 g/mol. The number of hydrogen-bond acceptors (Lipinski definition) is 6. The lowest BCUT2D eigenvalue weighted by atomic mass is 10.1. The number of nitro benzene ring substituents is 1. The first-order chi connectivity index (χ1) is 12.5. The van der Waals surface area contributed by atoms with Gasteiger partial charge >= 0.3 is 0 Å². The molecule has 1 fully saturated rings. The Morgan fingerprint density at radius 3 is 2.62 bits per heavy atom. The van der Waals surface area contributed by atoms with Crippen molar-refractivity contribution >= 4 is 29.0 Å². The van der Waals surface area contributed by atoms with Gasteiger partial charge < -0.3 is 9.80 Å². The Balaban J connectivity index is 1.73. The first-order valence-corrected chi connectivity index (χ1v) is 8.21. The van der Waals surface area contributed by atoms with Crippen molar-refractivity contribution in [2.75, 3.05) is 31.1 Å². The first-order valence-electron chi connectivity index (χ1n) is 7.84. The standard InChI is InChI=1S/C17H14ClN5O3/c18-13-1-2-14(15(10-13)23(25)26)17(24)22-7-5-21(6-8-22)16-9-12(11-19)3-4-20-16/h1-4,9-10H,5-8H2. The smallest absolute Gasteiger partial charge is 0.283 e.